The molecule has 0 aliphatic rings. The summed E-state index contributed by atoms with van der Waals surface area (Å²) in [5.74, 6) is 1.01. The van der Waals surface area contributed by atoms with E-state index in [-0.39, 0.29) is 4.90 Å². The smallest absolute Gasteiger partial charge is 0.240 e. The minimum absolute atomic E-state index is 0.174. The summed E-state index contributed by atoms with van der Waals surface area (Å²) in [5.41, 5.74) is 6.09. The Balaban J connectivity index is 2.60. The van der Waals surface area contributed by atoms with E-state index in [9.17, 15) is 8.42 Å². The number of nitrogens with two attached hydrogens (primary N) is 1. The average Bonchev–Trinajstić information content (AvgIpc) is 2.38. The van der Waals surface area contributed by atoms with Crippen LogP contribution in [-0.4, -0.2) is 22.1 Å². The van der Waals surface area contributed by atoms with Gasteiger partial charge >= 0.3 is 0 Å². The molecule has 0 saturated carbocycles. The highest BCUT2D eigenvalue weighted by atomic mass is 32.2. The van der Waals surface area contributed by atoms with E-state index in [1.54, 1.807) is 0 Å². The predicted octanol–water partition coefficient (Wildman–Crippen LogP) is 2.38. The first-order valence-electron chi connectivity index (χ1n) is 6.80. The normalized spacial score (nSPS) is 11.8. The third-order valence-electron chi connectivity index (χ3n) is 3.02. The maximum atomic E-state index is 12.1. The fourth-order valence-electron chi connectivity index (χ4n) is 1.83. The van der Waals surface area contributed by atoms with Gasteiger partial charge in [0.05, 0.1) is 17.7 Å². The average molecular weight is 300 g/mol. The highest BCUT2D eigenvalue weighted by Gasteiger charge is 2.15. The van der Waals surface area contributed by atoms with Crippen LogP contribution in [0, 0.1) is 5.92 Å². The molecule has 20 heavy (non-hydrogen) atoms. The molecule has 0 radical (unpaired) electrons. The molecule has 1 aromatic rings. The summed E-state index contributed by atoms with van der Waals surface area (Å²) in [4.78, 5) is 0.174. The molecule has 0 bridgehead atoms. The lowest BCUT2D eigenvalue weighted by molar-refractivity contribution is 0.415. The largest absolute Gasteiger partial charge is 0.495 e. The highest BCUT2D eigenvalue weighted by Crippen LogP contribution is 2.24. The van der Waals surface area contributed by atoms with Crippen LogP contribution in [0.15, 0.2) is 23.1 Å². The molecule has 0 aromatic heterocycles. The van der Waals surface area contributed by atoms with Gasteiger partial charge in [0.2, 0.25) is 10.0 Å². The van der Waals surface area contributed by atoms with Crippen LogP contribution in [0.25, 0.3) is 0 Å². The van der Waals surface area contributed by atoms with Gasteiger partial charge in [0.1, 0.15) is 5.75 Å². The molecule has 0 saturated heterocycles. The van der Waals surface area contributed by atoms with Crippen LogP contribution in [0.4, 0.5) is 5.69 Å². The molecule has 0 spiro atoms. The van der Waals surface area contributed by atoms with Crippen molar-refractivity contribution in [2.24, 2.45) is 5.92 Å². The van der Waals surface area contributed by atoms with Gasteiger partial charge in [0.15, 0.2) is 0 Å². The number of rotatable bonds is 8. The van der Waals surface area contributed by atoms with Gasteiger partial charge in [-0.25, -0.2) is 13.1 Å². The summed E-state index contributed by atoms with van der Waals surface area (Å²) < 4.78 is 31.8. The lowest BCUT2D eigenvalue weighted by atomic mass is 10.1. The summed E-state index contributed by atoms with van der Waals surface area (Å²) in [7, 11) is -2.04. The third-order valence-corrected chi connectivity index (χ3v) is 4.47. The van der Waals surface area contributed by atoms with Gasteiger partial charge in [-0.05, 0) is 24.5 Å². The van der Waals surface area contributed by atoms with Crippen molar-refractivity contribution in [1.82, 2.24) is 4.72 Å². The summed E-state index contributed by atoms with van der Waals surface area (Å²) >= 11 is 0. The molecule has 6 heteroatoms. The van der Waals surface area contributed by atoms with Gasteiger partial charge < -0.3 is 10.5 Å². The number of hydrogen-bond donors (Lipinski definition) is 2. The van der Waals surface area contributed by atoms with Gasteiger partial charge in [-0.2, -0.15) is 0 Å². The lowest BCUT2D eigenvalue weighted by Crippen LogP contribution is -2.24. The van der Waals surface area contributed by atoms with Crippen LogP contribution in [0.5, 0.6) is 5.75 Å². The SMILES string of the molecule is COc1cc(S(=O)(=O)NCCCCC(C)C)ccc1N. The van der Waals surface area contributed by atoms with Gasteiger partial charge in [0.25, 0.3) is 0 Å². The number of unbranched alkanes of at least 4 members (excludes halogenated alkanes) is 1. The zero-order valence-corrected chi connectivity index (χ0v) is 13.2. The first-order valence-corrected chi connectivity index (χ1v) is 8.28. The van der Waals surface area contributed by atoms with Gasteiger partial charge in [0, 0.05) is 12.6 Å². The standard InChI is InChI=1S/C14H24N2O3S/c1-11(2)6-4-5-9-16-20(17,18)12-7-8-13(15)14(10-12)19-3/h7-8,10-11,16H,4-6,9,15H2,1-3H3. The minimum Gasteiger partial charge on any atom is -0.495 e. The molecule has 0 amide bonds. The molecule has 5 nitrogen and oxygen atoms in total. The molecule has 0 aliphatic heterocycles. The molecule has 0 heterocycles. The maximum Gasteiger partial charge on any atom is 0.240 e. The molecule has 114 valence electrons. The molecule has 0 atom stereocenters. The maximum absolute atomic E-state index is 12.1. The molecular formula is C14H24N2O3S. The highest BCUT2D eigenvalue weighted by molar-refractivity contribution is 7.89. The van der Waals surface area contributed by atoms with E-state index in [0.29, 0.717) is 23.9 Å². The van der Waals surface area contributed by atoms with E-state index in [2.05, 4.69) is 18.6 Å². The molecular weight excluding hydrogens is 276 g/mol. The Morgan fingerprint density at radius 1 is 1.30 bits per heavy atom. The number of sulfonamides is 1. The number of nitrogens with one attached hydrogen (secondary N) is 1. The van der Waals surface area contributed by atoms with Crippen molar-refractivity contribution < 1.29 is 13.2 Å². The zero-order chi connectivity index (χ0) is 15.2. The molecule has 0 aliphatic carbocycles. The third kappa shape index (κ3) is 5.02. The Labute approximate surface area is 121 Å². The van der Waals surface area contributed by atoms with Crippen LogP contribution < -0.4 is 15.2 Å². The zero-order valence-electron chi connectivity index (χ0n) is 12.3. The Bertz CT molecular complexity index is 527. The number of benzene rings is 1. The van der Waals surface area contributed by atoms with Crippen molar-refractivity contribution in [3.63, 3.8) is 0 Å². The summed E-state index contributed by atoms with van der Waals surface area (Å²) in [6, 6.07) is 4.45. The number of nitrogen functional groups attached to an aromatic ring is 1. The number of anilines is 1. The van der Waals surface area contributed by atoms with E-state index >= 15 is 0 Å². The number of ether oxygens (including phenoxy) is 1. The minimum atomic E-state index is -3.50. The quantitative estimate of drug-likeness (QED) is 0.570. The molecule has 3 N–H and O–H groups in total. The van der Waals surface area contributed by atoms with E-state index in [0.717, 1.165) is 19.3 Å². The van der Waals surface area contributed by atoms with Crippen LogP contribution in [0.1, 0.15) is 33.1 Å². The Kier molecular flexibility index (Phi) is 6.29. The Morgan fingerprint density at radius 2 is 2.00 bits per heavy atom. The number of hydrogen-bond acceptors (Lipinski definition) is 4. The van der Waals surface area contributed by atoms with E-state index in [1.807, 2.05) is 0 Å². The summed E-state index contributed by atoms with van der Waals surface area (Å²) in [6.07, 6.45) is 2.96. The fraction of sp³-hybridized carbons (Fsp3) is 0.571. The second kappa shape index (κ2) is 7.50. The Hall–Kier alpha value is -1.27. The van der Waals surface area contributed by atoms with E-state index < -0.39 is 10.0 Å². The van der Waals surface area contributed by atoms with Gasteiger partial charge in [-0.3, -0.25) is 0 Å². The van der Waals surface area contributed by atoms with E-state index in [1.165, 1.54) is 25.3 Å². The van der Waals surface area contributed by atoms with Crippen LogP contribution >= 0.6 is 0 Å². The fourth-order valence-corrected chi connectivity index (χ4v) is 2.92. The van der Waals surface area contributed by atoms with Crippen molar-refractivity contribution in [2.75, 3.05) is 19.4 Å². The molecule has 0 fully saturated rings. The van der Waals surface area contributed by atoms with Crippen LogP contribution in [-0.2, 0) is 10.0 Å². The van der Waals surface area contributed by atoms with Crippen molar-refractivity contribution in [2.45, 2.75) is 38.0 Å². The topological polar surface area (TPSA) is 81.4 Å². The monoisotopic (exact) mass is 300 g/mol. The molecule has 1 rings (SSSR count). The summed E-state index contributed by atoms with van der Waals surface area (Å²) in [6.45, 7) is 4.76. The first kappa shape index (κ1) is 16.8. The molecule has 1 aromatic carbocycles. The first-order chi connectivity index (χ1) is 9.36. The Morgan fingerprint density at radius 3 is 2.60 bits per heavy atom. The van der Waals surface area contributed by atoms with Crippen LogP contribution in [0.2, 0.25) is 0 Å². The van der Waals surface area contributed by atoms with Crippen molar-refractivity contribution in [1.29, 1.82) is 0 Å². The second-order valence-electron chi connectivity index (χ2n) is 5.19. The van der Waals surface area contributed by atoms with Crippen LogP contribution in [0.3, 0.4) is 0 Å². The number of methoxy groups -OCH3 is 1. The van der Waals surface area contributed by atoms with Crippen molar-refractivity contribution >= 4 is 15.7 Å². The van der Waals surface area contributed by atoms with Gasteiger partial charge in [-0.15, -0.1) is 0 Å². The predicted molar refractivity (Wildman–Crippen MR) is 81.3 cm³/mol. The lowest BCUT2D eigenvalue weighted by Gasteiger charge is -2.10. The summed E-state index contributed by atoms with van der Waals surface area (Å²) in [5, 5.41) is 0. The van der Waals surface area contributed by atoms with Gasteiger partial charge in [-0.1, -0.05) is 26.7 Å². The van der Waals surface area contributed by atoms with Crippen molar-refractivity contribution in [3.8, 4) is 5.75 Å². The molecule has 0 unspecified atom stereocenters. The second-order valence-corrected chi connectivity index (χ2v) is 6.96. The van der Waals surface area contributed by atoms with Crippen molar-refractivity contribution in [3.05, 3.63) is 18.2 Å². The van der Waals surface area contributed by atoms with E-state index in [4.69, 9.17) is 10.5 Å².